The summed E-state index contributed by atoms with van der Waals surface area (Å²) < 4.78 is 37.3. The molecular formula is C9H11ClNO3S2-. The highest BCUT2D eigenvalue weighted by molar-refractivity contribution is 7.99. The summed E-state index contributed by atoms with van der Waals surface area (Å²) in [5.74, 6) is -0.186. The Labute approximate surface area is 101 Å². The van der Waals surface area contributed by atoms with Gasteiger partial charge in [-0.2, -0.15) is 0 Å². The number of aryl methyl sites for hydroxylation is 1. The monoisotopic (exact) mass is 280 g/mol. The summed E-state index contributed by atoms with van der Waals surface area (Å²) in [6.45, 7) is 1.81. The van der Waals surface area contributed by atoms with Crippen molar-refractivity contribution in [1.29, 1.82) is 0 Å². The van der Waals surface area contributed by atoms with Gasteiger partial charge in [0.05, 0.1) is 10.6 Å². The summed E-state index contributed by atoms with van der Waals surface area (Å²) in [4.78, 5) is 0.244. The van der Waals surface area contributed by atoms with Crippen LogP contribution in [0.2, 0.25) is 0 Å². The predicted molar refractivity (Wildman–Crippen MR) is 64.4 cm³/mol. The van der Waals surface area contributed by atoms with Gasteiger partial charge in [0.15, 0.2) is 9.84 Å². The molecule has 4 nitrogen and oxygen atoms in total. The molecule has 0 radical (unpaired) electrons. The van der Waals surface area contributed by atoms with Crippen molar-refractivity contribution < 1.29 is 12.6 Å². The maximum Gasteiger partial charge on any atom is 0.180 e. The Balaban J connectivity index is 2.82. The van der Waals surface area contributed by atoms with Gasteiger partial charge in [-0.3, -0.25) is 0 Å². The van der Waals surface area contributed by atoms with Crippen LogP contribution in [0.15, 0.2) is 33.5 Å². The maximum absolute atomic E-state index is 11.7. The second-order valence-corrected chi connectivity index (χ2v) is 6.76. The van der Waals surface area contributed by atoms with Gasteiger partial charge < -0.3 is 8.57 Å². The van der Waals surface area contributed by atoms with Crippen LogP contribution in [-0.2, 0) is 23.9 Å². The zero-order chi connectivity index (χ0) is 12.2. The third kappa shape index (κ3) is 4.11. The van der Waals surface area contributed by atoms with E-state index in [-0.39, 0.29) is 17.2 Å². The quantitative estimate of drug-likeness (QED) is 0.626. The van der Waals surface area contributed by atoms with Crippen molar-refractivity contribution in [2.24, 2.45) is 4.36 Å². The first-order chi connectivity index (χ1) is 7.42. The van der Waals surface area contributed by atoms with Crippen LogP contribution in [-0.4, -0.2) is 20.7 Å². The first kappa shape index (κ1) is 13.5. The first-order valence-corrected chi connectivity index (χ1v) is 8.05. The Morgan fingerprint density at radius 3 is 2.38 bits per heavy atom. The van der Waals surface area contributed by atoms with Gasteiger partial charge in [-0.15, -0.1) is 9.81 Å². The van der Waals surface area contributed by atoms with Crippen LogP contribution in [0.5, 0.6) is 0 Å². The van der Waals surface area contributed by atoms with Gasteiger partial charge in [-0.1, -0.05) is 17.7 Å². The minimum atomic E-state index is -3.36. The van der Waals surface area contributed by atoms with Gasteiger partial charge in [0.1, 0.15) is 0 Å². The Morgan fingerprint density at radius 2 is 1.88 bits per heavy atom. The van der Waals surface area contributed by atoms with Crippen molar-refractivity contribution in [3.63, 3.8) is 0 Å². The molecule has 0 unspecified atom stereocenters. The predicted octanol–water partition coefficient (Wildman–Crippen LogP) is 2.07. The zero-order valence-corrected chi connectivity index (χ0v) is 11.0. The largest absolute Gasteiger partial charge is 0.430 e. The number of benzene rings is 1. The van der Waals surface area contributed by atoms with Crippen molar-refractivity contribution >= 4 is 30.3 Å². The molecular weight excluding hydrogens is 270 g/mol. The number of hydrogen-bond donors (Lipinski definition) is 0. The number of sulfone groups is 1. The fraction of sp³-hybridized carbons (Fsp3) is 0.333. The normalized spacial score (nSPS) is 13.9. The number of nitrogens with zero attached hydrogens (tertiary/aromatic N) is 1. The molecule has 90 valence electrons. The van der Waals surface area contributed by atoms with E-state index in [1.54, 1.807) is 24.3 Å². The molecule has 0 spiro atoms. The summed E-state index contributed by atoms with van der Waals surface area (Å²) >= 11 is 0. The first-order valence-electron chi connectivity index (χ1n) is 4.47. The zero-order valence-electron chi connectivity index (χ0n) is 8.59. The molecule has 16 heavy (non-hydrogen) atoms. The summed E-state index contributed by atoms with van der Waals surface area (Å²) in [6.07, 6.45) is 0. The van der Waals surface area contributed by atoms with Gasteiger partial charge in [-0.05, 0) is 19.1 Å². The molecule has 0 N–H and O–H groups in total. The molecule has 0 saturated carbocycles. The van der Waals surface area contributed by atoms with Gasteiger partial charge in [0, 0.05) is 6.54 Å². The van der Waals surface area contributed by atoms with Gasteiger partial charge in [-0.25, -0.2) is 19.1 Å². The Bertz CT molecular complexity index is 530. The van der Waals surface area contributed by atoms with Crippen LogP contribution in [0.4, 0.5) is 0 Å². The van der Waals surface area contributed by atoms with Crippen molar-refractivity contribution in [1.82, 2.24) is 0 Å². The summed E-state index contributed by atoms with van der Waals surface area (Å²) in [5, 5.41) is 0. The molecule has 0 aromatic heterocycles. The molecule has 0 aliphatic rings. The molecule has 0 aliphatic carbocycles. The minimum absolute atomic E-state index is 0.0632. The van der Waals surface area contributed by atoms with Crippen molar-refractivity contribution in [2.75, 3.05) is 12.3 Å². The van der Waals surface area contributed by atoms with E-state index in [0.717, 1.165) is 5.56 Å². The lowest BCUT2D eigenvalue weighted by Gasteiger charge is -2.03. The molecule has 7 heteroatoms. The van der Waals surface area contributed by atoms with Crippen molar-refractivity contribution in [3.05, 3.63) is 29.8 Å². The Hall–Kier alpha value is -0.590. The van der Waals surface area contributed by atoms with E-state index in [0.29, 0.717) is 0 Å². The van der Waals surface area contributed by atoms with E-state index in [9.17, 15) is 12.6 Å². The lowest BCUT2D eigenvalue weighted by molar-refractivity contribution is 0.595. The third-order valence-corrected chi connectivity index (χ3v) is 4.32. The van der Waals surface area contributed by atoms with E-state index < -0.39 is 19.6 Å². The fourth-order valence-electron chi connectivity index (χ4n) is 1.09. The van der Waals surface area contributed by atoms with E-state index in [1.807, 2.05) is 6.92 Å². The number of hydrogen-bond acceptors (Lipinski definition) is 5. The summed E-state index contributed by atoms with van der Waals surface area (Å²) in [6, 6.07) is 6.54. The third-order valence-electron chi connectivity index (χ3n) is 1.93. The van der Waals surface area contributed by atoms with E-state index >= 15 is 0 Å². The SMILES string of the molecule is Cc1ccc(S(=O)(=O)CCN=[S-](=O)Cl)cc1. The second kappa shape index (κ2) is 5.65. The summed E-state index contributed by atoms with van der Waals surface area (Å²) in [5.41, 5.74) is 0.991. The Morgan fingerprint density at radius 1 is 1.31 bits per heavy atom. The average Bonchev–Trinajstić information content (AvgIpc) is 2.17. The van der Waals surface area contributed by atoms with Crippen LogP contribution >= 0.6 is 10.7 Å². The standard InChI is InChI=1S/C9H11ClNO3S2/c1-8-2-4-9(5-3-8)16(13,14)7-6-11-15(10)12/h2-5H,6-7H2,1H3/q-1. The maximum atomic E-state index is 11.7. The molecule has 0 heterocycles. The molecule has 1 aromatic rings. The fourth-order valence-corrected chi connectivity index (χ4v) is 2.77. The molecule has 0 bridgehead atoms. The molecule has 1 aromatic carbocycles. The molecule has 0 amide bonds. The number of rotatable bonds is 4. The van der Waals surface area contributed by atoms with Crippen LogP contribution in [0.25, 0.3) is 0 Å². The lowest BCUT2D eigenvalue weighted by Crippen LogP contribution is -2.09. The van der Waals surface area contributed by atoms with Gasteiger partial charge in [0.25, 0.3) is 0 Å². The number of halogens is 1. The molecule has 0 aliphatic heterocycles. The van der Waals surface area contributed by atoms with Crippen LogP contribution in [0.1, 0.15) is 5.56 Å². The van der Waals surface area contributed by atoms with E-state index in [2.05, 4.69) is 4.36 Å². The Kier molecular flexibility index (Phi) is 4.76. The average molecular weight is 281 g/mol. The molecule has 0 fully saturated rings. The topological polar surface area (TPSA) is 63.6 Å². The van der Waals surface area contributed by atoms with Gasteiger partial charge in [0.2, 0.25) is 0 Å². The lowest BCUT2D eigenvalue weighted by atomic mass is 10.2. The smallest absolute Gasteiger partial charge is 0.180 e. The highest BCUT2D eigenvalue weighted by atomic mass is 35.7. The minimum Gasteiger partial charge on any atom is -0.430 e. The van der Waals surface area contributed by atoms with Crippen LogP contribution < -0.4 is 0 Å². The van der Waals surface area contributed by atoms with E-state index in [1.165, 1.54) is 0 Å². The van der Waals surface area contributed by atoms with Crippen molar-refractivity contribution in [2.45, 2.75) is 11.8 Å². The highest BCUT2D eigenvalue weighted by Gasteiger charge is 2.12. The summed E-state index contributed by atoms with van der Waals surface area (Å²) in [7, 11) is -0.103. The van der Waals surface area contributed by atoms with Crippen molar-refractivity contribution in [3.8, 4) is 0 Å². The van der Waals surface area contributed by atoms with Gasteiger partial charge >= 0.3 is 0 Å². The molecule has 0 atom stereocenters. The second-order valence-electron chi connectivity index (χ2n) is 3.19. The molecule has 0 saturated heterocycles. The van der Waals surface area contributed by atoms with E-state index in [4.69, 9.17) is 10.7 Å². The van der Waals surface area contributed by atoms with Crippen LogP contribution in [0, 0.1) is 6.92 Å². The highest BCUT2D eigenvalue weighted by Crippen LogP contribution is 2.11. The molecule has 1 rings (SSSR count). The van der Waals surface area contributed by atoms with Crippen LogP contribution in [0.3, 0.4) is 0 Å².